The first-order valence-corrected chi connectivity index (χ1v) is 11.1. The largest absolute Gasteiger partial charge is 0.497 e. The number of methoxy groups -OCH3 is 1. The molecule has 0 bridgehead atoms. The van der Waals surface area contributed by atoms with Crippen LogP contribution in [-0.2, 0) is 14.8 Å². The molecule has 31 heavy (non-hydrogen) atoms. The lowest BCUT2D eigenvalue weighted by Crippen LogP contribution is -2.30. The van der Waals surface area contributed by atoms with Crippen molar-refractivity contribution in [2.24, 2.45) is 0 Å². The standard InChI is InChI=1S/C22H21ClN2O5S/c1-15(30-18-7-5-6-17(14-18)29-2)22(26)24-16-10-12-19(13-11-16)31(27,28)25-21-9-4-3-8-20(21)23/h3-15,25H,1-2H3,(H,24,26)/t15-/m0/s1. The number of benzene rings is 3. The molecular formula is C22H21ClN2O5S. The molecule has 3 aromatic rings. The molecule has 0 saturated heterocycles. The van der Waals surface area contributed by atoms with Gasteiger partial charge in [-0.05, 0) is 55.5 Å². The highest BCUT2D eigenvalue weighted by Gasteiger charge is 2.18. The molecule has 7 nitrogen and oxygen atoms in total. The summed E-state index contributed by atoms with van der Waals surface area (Å²) in [7, 11) is -2.28. The molecule has 1 atom stereocenters. The summed E-state index contributed by atoms with van der Waals surface area (Å²) < 4.78 is 38.3. The van der Waals surface area contributed by atoms with Crippen LogP contribution in [0, 0.1) is 0 Å². The van der Waals surface area contributed by atoms with Crippen molar-refractivity contribution >= 4 is 38.9 Å². The van der Waals surface area contributed by atoms with E-state index in [2.05, 4.69) is 10.0 Å². The molecule has 9 heteroatoms. The van der Waals surface area contributed by atoms with Gasteiger partial charge in [0.05, 0.1) is 22.7 Å². The van der Waals surface area contributed by atoms with Gasteiger partial charge in [0, 0.05) is 11.8 Å². The number of ether oxygens (including phenoxy) is 2. The van der Waals surface area contributed by atoms with Crippen LogP contribution in [0.2, 0.25) is 5.02 Å². The SMILES string of the molecule is COc1cccc(O[C@@H](C)C(=O)Nc2ccc(S(=O)(=O)Nc3ccccc3Cl)cc2)c1. The third kappa shape index (κ3) is 5.90. The van der Waals surface area contributed by atoms with Crippen molar-refractivity contribution in [1.29, 1.82) is 0 Å². The smallest absolute Gasteiger partial charge is 0.265 e. The van der Waals surface area contributed by atoms with Gasteiger partial charge in [0.15, 0.2) is 6.10 Å². The number of para-hydroxylation sites is 1. The van der Waals surface area contributed by atoms with Crippen molar-refractivity contribution in [3.63, 3.8) is 0 Å². The van der Waals surface area contributed by atoms with E-state index in [4.69, 9.17) is 21.1 Å². The summed E-state index contributed by atoms with van der Waals surface area (Å²) in [4.78, 5) is 12.5. The molecule has 0 saturated carbocycles. The molecule has 0 aliphatic carbocycles. The van der Waals surface area contributed by atoms with Crippen LogP contribution in [0.25, 0.3) is 0 Å². The Kier molecular flexibility index (Phi) is 7.04. The Hall–Kier alpha value is -3.23. The van der Waals surface area contributed by atoms with Crippen LogP contribution in [0.3, 0.4) is 0 Å². The summed E-state index contributed by atoms with van der Waals surface area (Å²) in [6, 6.07) is 19.2. The lowest BCUT2D eigenvalue weighted by molar-refractivity contribution is -0.122. The van der Waals surface area contributed by atoms with Crippen LogP contribution < -0.4 is 19.5 Å². The van der Waals surface area contributed by atoms with Gasteiger partial charge in [-0.3, -0.25) is 9.52 Å². The van der Waals surface area contributed by atoms with Gasteiger partial charge in [0.1, 0.15) is 11.5 Å². The zero-order valence-electron chi connectivity index (χ0n) is 16.8. The normalized spacial score (nSPS) is 12.0. The van der Waals surface area contributed by atoms with Gasteiger partial charge in [-0.25, -0.2) is 8.42 Å². The Bertz CT molecular complexity index is 1170. The second-order valence-corrected chi connectivity index (χ2v) is 8.63. The van der Waals surface area contributed by atoms with Crippen molar-refractivity contribution < 1.29 is 22.7 Å². The van der Waals surface area contributed by atoms with E-state index in [1.165, 1.54) is 24.3 Å². The summed E-state index contributed by atoms with van der Waals surface area (Å²) in [5, 5.41) is 2.99. The first-order valence-electron chi connectivity index (χ1n) is 9.27. The summed E-state index contributed by atoms with van der Waals surface area (Å²) in [6.45, 7) is 1.61. The Morgan fingerprint density at radius 1 is 0.968 bits per heavy atom. The maximum Gasteiger partial charge on any atom is 0.265 e. The fourth-order valence-electron chi connectivity index (χ4n) is 2.64. The van der Waals surface area contributed by atoms with Gasteiger partial charge in [0.25, 0.3) is 15.9 Å². The number of hydrogen-bond acceptors (Lipinski definition) is 5. The number of rotatable bonds is 8. The highest BCUT2D eigenvalue weighted by molar-refractivity contribution is 7.92. The maximum atomic E-state index is 12.6. The number of carbonyl (C=O) groups is 1. The van der Waals surface area contributed by atoms with Crippen molar-refractivity contribution in [3.8, 4) is 11.5 Å². The van der Waals surface area contributed by atoms with E-state index in [1.54, 1.807) is 62.6 Å². The topological polar surface area (TPSA) is 93.7 Å². The number of nitrogens with one attached hydrogen (secondary N) is 2. The molecule has 0 aliphatic rings. The molecular weight excluding hydrogens is 440 g/mol. The molecule has 3 aromatic carbocycles. The number of halogens is 1. The minimum absolute atomic E-state index is 0.0334. The number of hydrogen-bond donors (Lipinski definition) is 2. The summed E-state index contributed by atoms with van der Waals surface area (Å²) >= 11 is 6.01. The van der Waals surface area contributed by atoms with E-state index >= 15 is 0 Å². The van der Waals surface area contributed by atoms with Gasteiger partial charge >= 0.3 is 0 Å². The van der Waals surface area contributed by atoms with E-state index in [-0.39, 0.29) is 16.5 Å². The molecule has 0 heterocycles. The third-order valence-electron chi connectivity index (χ3n) is 4.27. The van der Waals surface area contributed by atoms with Gasteiger partial charge in [-0.1, -0.05) is 29.8 Å². The zero-order chi connectivity index (χ0) is 22.4. The van der Waals surface area contributed by atoms with Gasteiger partial charge in [-0.15, -0.1) is 0 Å². The van der Waals surface area contributed by atoms with E-state index < -0.39 is 16.1 Å². The van der Waals surface area contributed by atoms with E-state index in [0.717, 1.165) is 0 Å². The summed E-state index contributed by atoms with van der Waals surface area (Å²) in [5.74, 6) is 0.731. The minimum atomic E-state index is -3.83. The molecule has 0 spiro atoms. The van der Waals surface area contributed by atoms with E-state index in [0.29, 0.717) is 22.2 Å². The molecule has 0 aliphatic heterocycles. The average molecular weight is 461 g/mol. The Morgan fingerprint density at radius 3 is 2.32 bits per heavy atom. The number of anilines is 2. The second-order valence-electron chi connectivity index (χ2n) is 6.54. The molecule has 0 unspecified atom stereocenters. The van der Waals surface area contributed by atoms with Crippen LogP contribution in [0.1, 0.15) is 6.92 Å². The molecule has 2 N–H and O–H groups in total. The predicted octanol–water partition coefficient (Wildman–Crippen LogP) is 4.56. The Labute approximate surface area is 186 Å². The second kappa shape index (κ2) is 9.72. The molecule has 3 rings (SSSR count). The fourth-order valence-corrected chi connectivity index (χ4v) is 3.96. The highest BCUT2D eigenvalue weighted by Crippen LogP contribution is 2.25. The van der Waals surface area contributed by atoms with Gasteiger partial charge in [0.2, 0.25) is 0 Å². The van der Waals surface area contributed by atoms with E-state index in [9.17, 15) is 13.2 Å². The van der Waals surface area contributed by atoms with Crippen molar-refractivity contribution in [1.82, 2.24) is 0 Å². The first-order chi connectivity index (χ1) is 14.8. The lowest BCUT2D eigenvalue weighted by Gasteiger charge is -2.15. The number of sulfonamides is 1. The lowest BCUT2D eigenvalue weighted by atomic mass is 10.3. The van der Waals surface area contributed by atoms with Crippen LogP contribution in [-0.4, -0.2) is 27.5 Å². The third-order valence-corrected chi connectivity index (χ3v) is 5.98. The molecule has 162 valence electrons. The van der Waals surface area contributed by atoms with E-state index in [1.807, 2.05) is 0 Å². The van der Waals surface area contributed by atoms with Gasteiger partial charge in [-0.2, -0.15) is 0 Å². The minimum Gasteiger partial charge on any atom is -0.497 e. The van der Waals surface area contributed by atoms with Gasteiger partial charge < -0.3 is 14.8 Å². The van der Waals surface area contributed by atoms with Crippen LogP contribution in [0.5, 0.6) is 11.5 Å². The average Bonchev–Trinajstić information content (AvgIpc) is 2.75. The highest BCUT2D eigenvalue weighted by atomic mass is 35.5. The van der Waals surface area contributed by atoms with Crippen LogP contribution in [0.4, 0.5) is 11.4 Å². The molecule has 0 fully saturated rings. The fraction of sp³-hybridized carbons (Fsp3) is 0.136. The summed E-state index contributed by atoms with van der Waals surface area (Å²) in [6.07, 6.45) is -0.780. The number of amides is 1. The summed E-state index contributed by atoms with van der Waals surface area (Å²) in [5.41, 5.74) is 0.716. The van der Waals surface area contributed by atoms with Crippen LogP contribution in [0.15, 0.2) is 77.7 Å². The predicted molar refractivity (Wildman–Crippen MR) is 120 cm³/mol. The molecule has 1 amide bonds. The van der Waals surface area contributed by atoms with Crippen molar-refractivity contribution in [2.45, 2.75) is 17.9 Å². The Balaban J connectivity index is 1.64. The Morgan fingerprint density at radius 2 is 1.65 bits per heavy atom. The maximum absolute atomic E-state index is 12.6. The van der Waals surface area contributed by atoms with Crippen molar-refractivity contribution in [3.05, 3.63) is 77.8 Å². The van der Waals surface area contributed by atoms with Crippen LogP contribution >= 0.6 is 11.6 Å². The molecule has 0 radical (unpaired) electrons. The number of carbonyl (C=O) groups excluding carboxylic acids is 1. The first kappa shape index (κ1) is 22.5. The van der Waals surface area contributed by atoms with Crippen molar-refractivity contribution in [2.75, 3.05) is 17.1 Å². The molecule has 0 aromatic heterocycles. The monoisotopic (exact) mass is 460 g/mol. The quantitative estimate of drug-likeness (QED) is 0.514. The zero-order valence-corrected chi connectivity index (χ0v) is 18.4.